The molecule has 0 spiro atoms. The molecule has 0 aromatic heterocycles. The largest absolute Gasteiger partial charge is 0.323 e. The molecule has 1 saturated heterocycles. The molecule has 2 N–H and O–H groups in total. The lowest BCUT2D eigenvalue weighted by molar-refractivity contribution is 0.262. The SMILES string of the molecule is CC(C)c1ccc(C(N)CN2CCCN(C)CC2)cc1. The maximum atomic E-state index is 6.38. The molecule has 0 bridgehead atoms. The van der Waals surface area contributed by atoms with E-state index in [0.29, 0.717) is 5.92 Å². The molecule has 0 aliphatic carbocycles. The Labute approximate surface area is 123 Å². The summed E-state index contributed by atoms with van der Waals surface area (Å²) in [6, 6.07) is 8.96. The molecule has 1 aliphatic rings. The van der Waals surface area contributed by atoms with Crippen molar-refractivity contribution in [3.05, 3.63) is 35.4 Å². The molecule has 1 atom stereocenters. The molecule has 1 unspecified atom stereocenters. The van der Waals surface area contributed by atoms with Gasteiger partial charge in [0.05, 0.1) is 0 Å². The van der Waals surface area contributed by atoms with Gasteiger partial charge in [-0.1, -0.05) is 38.1 Å². The lowest BCUT2D eigenvalue weighted by atomic mass is 9.99. The molecule has 1 aromatic carbocycles. The predicted molar refractivity (Wildman–Crippen MR) is 86.0 cm³/mol. The van der Waals surface area contributed by atoms with Crippen molar-refractivity contribution >= 4 is 0 Å². The second kappa shape index (κ2) is 7.21. The number of rotatable bonds is 4. The Kier molecular flexibility index (Phi) is 5.58. The van der Waals surface area contributed by atoms with Gasteiger partial charge in [-0.2, -0.15) is 0 Å². The molecule has 0 saturated carbocycles. The molecular weight excluding hydrogens is 246 g/mol. The Morgan fingerprint density at radius 1 is 1.00 bits per heavy atom. The molecule has 0 amide bonds. The third kappa shape index (κ3) is 4.30. The molecule has 112 valence electrons. The monoisotopic (exact) mass is 275 g/mol. The Morgan fingerprint density at radius 3 is 2.30 bits per heavy atom. The van der Waals surface area contributed by atoms with Gasteiger partial charge in [0, 0.05) is 25.7 Å². The van der Waals surface area contributed by atoms with Crippen molar-refractivity contribution in [2.24, 2.45) is 5.73 Å². The molecule has 3 nitrogen and oxygen atoms in total. The first-order valence-electron chi connectivity index (χ1n) is 7.82. The number of benzene rings is 1. The van der Waals surface area contributed by atoms with Crippen molar-refractivity contribution in [1.29, 1.82) is 0 Å². The fraction of sp³-hybridized carbons (Fsp3) is 0.647. The first kappa shape index (κ1) is 15.5. The number of hydrogen-bond acceptors (Lipinski definition) is 3. The average molecular weight is 275 g/mol. The van der Waals surface area contributed by atoms with Crippen LogP contribution in [0.25, 0.3) is 0 Å². The van der Waals surface area contributed by atoms with Crippen LogP contribution in [0.3, 0.4) is 0 Å². The van der Waals surface area contributed by atoms with Crippen LogP contribution in [0.2, 0.25) is 0 Å². The van der Waals surface area contributed by atoms with Crippen LogP contribution in [0, 0.1) is 0 Å². The van der Waals surface area contributed by atoms with Crippen LogP contribution >= 0.6 is 0 Å². The van der Waals surface area contributed by atoms with Gasteiger partial charge in [-0.05, 0) is 43.6 Å². The van der Waals surface area contributed by atoms with Gasteiger partial charge in [-0.25, -0.2) is 0 Å². The quantitative estimate of drug-likeness (QED) is 0.916. The van der Waals surface area contributed by atoms with Crippen LogP contribution in [0.1, 0.15) is 43.4 Å². The Morgan fingerprint density at radius 2 is 1.65 bits per heavy atom. The standard InChI is InChI=1S/C17H29N3/c1-14(2)15-5-7-16(8-6-15)17(18)13-20-10-4-9-19(3)11-12-20/h5-8,14,17H,4,9-13,18H2,1-3H3. The van der Waals surface area contributed by atoms with Crippen molar-refractivity contribution in [2.45, 2.75) is 32.2 Å². The van der Waals surface area contributed by atoms with Gasteiger partial charge >= 0.3 is 0 Å². The van der Waals surface area contributed by atoms with Crippen LogP contribution in [0.15, 0.2) is 24.3 Å². The van der Waals surface area contributed by atoms with E-state index in [1.54, 1.807) is 0 Å². The van der Waals surface area contributed by atoms with E-state index in [4.69, 9.17) is 5.73 Å². The van der Waals surface area contributed by atoms with E-state index in [2.05, 4.69) is 55.0 Å². The van der Waals surface area contributed by atoms with E-state index < -0.39 is 0 Å². The van der Waals surface area contributed by atoms with Crippen molar-refractivity contribution in [2.75, 3.05) is 39.8 Å². The van der Waals surface area contributed by atoms with Crippen molar-refractivity contribution in [3.63, 3.8) is 0 Å². The molecule has 1 aliphatic heterocycles. The molecule has 20 heavy (non-hydrogen) atoms. The minimum atomic E-state index is 0.125. The van der Waals surface area contributed by atoms with E-state index >= 15 is 0 Å². The molecule has 3 heteroatoms. The lowest BCUT2D eigenvalue weighted by Crippen LogP contribution is -2.35. The molecule has 1 aromatic rings. The zero-order valence-electron chi connectivity index (χ0n) is 13.2. The minimum absolute atomic E-state index is 0.125. The molecule has 2 rings (SSSR count). The summed E-state index contributed by atoms with van der Waals surface area (Å²) in [6.07, 6.45) is 1.25. The second-order valence-electron chi connectivity index (χ2n) is 6.39. The average Bonchev–Trinajstić information content (AvgIpc) is 2.64. The van der Waals surface area contributed by atoms with E-state index in [1.807, 2.05) is 0 Å². The summed E-state index contributed by atoms with van der Waals surface area (Å²) in [5, 5.41) is 0. The van der Waals surface area contributed by atoms with E-state index in [9.17, 15) is 0 Å². The summed E-state index contributed by atoms with van der Waals surface area (Å²) < 4.78 is 0. The normalized spacial score (nSPS) is 20.1. The van der Waals surface area contributed by atoms with Crippen LogP contribution in [-0.2, 0) is 0 Å². The van der Waals surface area contributed by atoms with E-state index in [0.717, 1.165) is 19.6 Å². The number of likely N-dealkylation sites (N-methyl/N-ethyl adjacent to an activating group) is 1. The van der Waals surface area contributed by atoms with Crippen molar-refractivity contribution < 1.29 is 0 Å². The summed E-state index contributed by atoms with van der Waals surface area (Å²) >= 11 is 0. The minimum Gasteiger partial charge on any atom is -0.323 e. The third-order valence-electron chi connectivity index (χ3n) is 4.30. The summed E-state index contributed by atoms with van der Waals surface area (Å²) in [5.74, 6) is 0.585. The van der Waals surface area contributed by atoms with Gasteiger partial charge in [0.1, 0.15) is 0 Å². The van der Waals surface area contributed by atoms with Crippen molar-refractivity contribution in [1.82, 2.24) is 9.80 Å². The molecular formula is C17H29N3. The highest BCUT2D eigenvalue weighted by molar-refractivity contribution is 5.26. The Hall–Kier alpha value is -0.900. The van der Waals surface area contributed by atoms with Crippen LogP contribution < -0.4 is 5.73 Å². The van der Waals surface area contributed by atoms with Gasteiger partial charge < -0.3 is 15.5 Å². The second-order valence-corrected chi connectivity index (χ2v) is 6.39. The summed E-state index contributed by atoms with van der Waals surface area (Å²) in [5.41, 5.74) is 9.03. The van der Waals surface area contributed by atoms with Gasteiger partial charge in [-0.3, -0.25) is 0 Å². The predicted octanol–water partition coefficient (Wildman–Crippen LogP) is 2.45. The summed E-state index contributed by atoms with van der Waals surface area (Å²) in [7, 11) is 2.20. The van der Waals surface area contributed by atoms with Gasteiger partial charge in [-0.15, -0.1) is 0 Å². The van der Waals surface area contributed by atoms with Gasteiger partial charge in [0.15, 0.2) is 0 Å². The van der Waals surface area contributed by atoms with Crippen molar-refractivity contribution in [3.8, 4) is 0 Å². The molecule has 0 radical (unpaired) electrons. The fourth-order valence-corrected chi connectivity index (χ4v) is 2.79. The van der Waals surface area contributed by atoms with Crippen LogP contribution in [0.5, 0.6) is 0 Å². The van der Waals surface area contributed by atoms with Gasteiger partial charge in [0.25, 0.3) is 0 Å². The fourth-order valence-electron chi connectivity index (χ4n) is 2.79. The lowest BCUT2D eigenvalue weighted by Gasteiger charge is -2.24. The first-order valence-corrected chi connectivity index (χ1v) is 7.82. The highest BCUT2D eigenvalue weighted by Gasteiger charge is 2.16. The zero-order chi connectivity index (χ0) is 14.5. The smallest absolute Gasteiger partial charge is 0.0424 e. The number of nitrogens with zero attached hydrogens (tertiary/aromatic N) is 2. The molecule has 1 heterocycles. The van der Waals surface area contributed by atoms with Crippen LogP contribution in [0.4, 0.5) is 0 Å². The Bertz CT molecular complexity index is 399. The highest BCUT2D eigenvalue weighted by Crippen LogP contribution is 2.18. The maximum Gasteiger partial charge on any atom is 0.0424 e. The highest BCUT2D eigenvalue weighted by atomic mass is 15.2. The van der Waals surface area contributed by atoms with E-state index in [-0.39, 0.29) is 6.04 Å². The van der Waals surface area contributed by atoms with Gasteiger partial charge in [0.2, 0.25) is 0 Å². The summed E-state index contributed by atoms with van der Waals surface area (Å²) in [6.45, 7) is 10.1. The van der Waals surface area contributed by atoms with E-state index in [1.165, 1.54) is 30.6 Å². The molecule has 1 fully saturated rings. The van der Waals surface area contributed by atoms with Crippen LogP contribution in [-0.4, -0.2) is 49.6 Å². The first-order chi connectivity index (χ1) is 9.56. The zero-order valence-corrected chi connectivity index (χ0v) is 13.2. The maximum absolute atomic E-state index is 6.38. The Balaban J connectivity index is 1.92. The topological polar surface area (TPSA) is 32.5 Å². The number of nitrogens with two attached hydrogens (primary N) is 1. The summed E-state index contributed by atoms with van der Waals surface area (Å²) in [4.78, 5) is 4.91. The number of hydrogen-bond donors (Lipinski definition) is 1. The third-order valence-corrected chi connectivity index (χ3v) is 4.30.